The molecule has 0 saturated carbocycles. The molecule has 14 heteroatoms. The van der Waals surface area contributed by atoms with E-state index in [-0.39, 0.29) is 18.9 Å². The largest absolute Gasteiger partial charge is 0.394 e. The maximum atomic E-state index is 13.4. The molecule has 12 atom stereocenters. The number of allylic oxidation sites excluding steroid dienone is 13. The molecule has 0 radical (unpaired) electrons. The number of hydrogen-bond acceptors (Lipinski definition) is 13. The Balaban J connectivity index is 1.60. The average molecular weight is 1430 g/mol. The van der Waals surface area contributed by atoms with Gasteiger partial charge in [0.25, 0.3) is 0 Å². The smallest absolute Gasteiger partial charge is 0.220 e. The Morgan fingerprint density at radius 1 is 0.366 bits per heavy atom. The Kier molecular flexibility index (Phi) is 65.5. The second kappa shape index (κ2) is 70.2. The van der Waals surface area contributed by atoms with Gasteiger partial charge in [-0.25, -0.2) is 0 Å². The summed E-state index contributed by atoms with van der Waals surface area (Å²) in [5, 5.41) is 87.7. The van der Waals surface area contributed by atoms with E-state index in [0.29, 0.717) is 12.8 Å². The highest BCUT2D eigenvalue weighted by atomic mass is 16.7. The van der Waals surface area contributed by atoms with Gasteiger partial charge in [0.15, 0.2) is 12.6 Å². The van der Waals surface area contributed by atoms with E-state index in [0.717, 1.165) is 64.2 Å². The average Bonchev–Trinajstić information content (AvgIpc) is 0.792. The van der Waals surface area contributed by atoms with Crippen molar-refractivity contribution in [3.8, 4) is 0 Å². The summed E-state index contributed by atoms with van der Waals surface area (Å²) in [6.07, 6.45) is 82.6. The van der Waals surface area contributed by atoms with Gasteiger partial charge in [-0.2, -0.15) is 0 Å². The van der Waals surface area contributed by atoms with Gasteiger partial charge in [0, 0.05) is 6.42 Å². The van der Waals surface area contributed by atoms with Gasteiger partial charge < -0.3 is 65.1 Å². The van der Waals surface area contributed by atoms with Crippen LogP contribution < -0.4 is 5.32 Å². The Morgan fingerprint density at radius 2 is 0.693 bits per heavy atom. The van der Waals surface area contributed by atoms with E-state index in [1.54, 1.807) is 6.08 Å². The highest BCUT2D eigenvalue weighted by Gasteiger charge is 2.51. The van der Waals surface area contributed by atoms with E-state index < -0.39 is 86.8 Å². The third-order valence-corrected chi connectivity index (χ3v) is 20.3. The van der Waals surface area contributed by atoms with Gasteiger partial charge in [-0.15, -0.1) is 0 Å². The quantitative estimate of drug-likeness (QED) is 0.0204. The SMILES string of the molecule is CC/C=C\C/C=C\C/C=C\C/C=C\C/C=C\CCCCCCCCCCCCCCCCCCCCCCCC(=O)NC(COC1OC(CO)C(OC2OC(CO)C(O)C(O)C2O)C(O)C1O)C(O)/C=C/CC/C=C/CCCCCCCCCCCCCCCCCCCCCCCCCC. The van der Waals surface area contributed by atoms with E-state index in [2.05, 4.69) is 92.1 Å². The number of ether oxygens (including phenoxy) is 4. The van der Waals surface area contributed by atoms with E-state index in [1.807, 2.05) is 6.08 Å². The first kappa shape index (κ1) is 94.3. The monoisotopic (exact) mass is 1420 g/mol. The molecule has 2 aliphatic rings. The second-order valence-electron chi connectivity index (χ2n) is 29.6. The lowest BCUT2D eigenvalue weighted by molar-refractivity contribution is -0.359. The van der Waals surface area contributed by atoms with E-state index in [1.165, 1.54) is 270 Å². The lowest BCUT2D eigenvalue weighted by Crippen LogP contribution is -2.65. The van der Waals surface area contributed by atoms with Crippen molar-refractivity contribution in [1.29, 1.82) is 0 Å². The number of amides is 1. The summed E-state index contributed by atoms with van der Waals surface area (Å²) >= 11 is 0. The van der Waals surface area contributed by atoms with Crippen LogP contribution in [-0.2, 0) is 23.7 Å². The molecule has 0 aromatic carbocycles. The van der Waals surface area contributed by atoms with E-state index >= 15 is 0 Å². The molecule has 2 aliphatic heterocycles. The standard InChI is InChI=1S/C87H157NO13/c1-3-5-7-9-11-13-15-17-19-21-23-25-27-29-31-33-35-36-37-38-39-40-41-43-45-47-49-51-53-55-57-59-61-63-65-67-69-71-79(92)88-75(74-98-86-84(97)82(95)85(78(73-90)100-86)101-87-83(96)81(94)80(93)77(72-89)99-87)76(91)70-68-66-64-62-60-58-56-54-52-50-48-46-44-42-34-32-30-28-26-24-22-20-18-16-14-12-10-8-6-4-2/h5,7,11,13,17,19,23,25,29,31,60,62,68,70,75-78,80-87,89-91,93-97H,3-4,6,8-10,12,14-16,18,20-22,24,26-28,30,32-59,61,63-67,69,71-74H2,1-2H3,(H,88,92)/b7-5-,13-11-,19-17-,25-23-,31-29-,62-60+,70-68+. The minimum absolute atomic E-state index is 0.244. The summed E-state index contributed by atoms with van der Waals surface area (Å²) in [6, 6.07) is -0.936. The summed E-state index contributed by atoms with van der Waals surface area (Å²) in [4.78, 5) is 13.4. The molecule has 12 unspecified atom stereocenters. The van der Waals surface area contributed by atoms with Crippen LogP contribution in [0, 0.1) is 0 Å². The van der Waals surface area contributed by atoms with Crippen molar-refractivity contribution in [3.63, 3.8) is 0 Å². The summed E-state index contributed by atoms with van der Waals surface area (Å²) in [7, 11) is 0. The first-order chi connectivity index (χ1) is 49.6. The van der Waals surface area contributed by atoms with E-state index in [9.17, 15) is 45.6 Å². The van der Waals surface area contributed by atoms with Crippen LogP contribution in [0.1, 0.15) is 367 Å². The van der Waals surface area contributed by atoms with Gasteiger partial charge in [0.05, 0.1) is 32.0 Å². The summed E-state index contributed by atoms with van der Waals surface area (Å²) in [5.41, 5.74) is 0. The third kappa shape index (κ3) is 52.7. The van der Waals surface area contributed by atoms with Crippen LogP contribution in [0.15, 0.2) is 85.1 Å². The Morgan fingerprint density at radius 3 is 1.09 bits per heavy atom. The topological polar surface area (TPSA) is 228 Å². The van der Waals surface area contributed by atoms with Crippen LogP contribution >= 0.6 is 0 Å². The Labute approximate surface area is 618 Å². The number of carbonyl (C=O) groups is 1. The van der Waals surface area contributed by atoms with Crippen molar-refractivity contribution in [2.45, 2.75) is 441 Å². The Hall–Kier alpha value is -2.83. The van der Waals surface area contributed by atoms with Crippen molar-refractivity contribution in [2.24, 2.45) is 0 Å². The number of aliphatic hydroxyl groups is 8. The molecule has 588 valence electrons. The molecule has 0 aromatic heterocycles. The van der Waals surface area contributed by atoms with Crippen LogP contribution in [0.3, 0.4) is 0 Å². The van der Waals surface area contributed by atoms with Gasteiger partial charge >= 0.3 is 0 Å². The molecule has 0 bridgehead atoms. The van der Waals surface area contributed by atoms with Crippen LogP contribution in [0.5, 0.6) is 0 Å². The molecule has 2 heterocycles. The molecule has 0 aliphatic carbocycles. The zero-order valence-electron chi connectivity index (χ0n) is 64.6. The van der Waals surface area contributed by atoms with Crippen molar-refractivity contribution < 1.29 is 64.6 Å². The lowest BCUT2D eigenvalue weighted by Gasteiger charge is -2.46. The van der Waals surface area contributed by atoms with Crippen molar-refractivity contribution in [3.05, 3.63) is 85.1 Å². The number of aliphatic hydroxyl groups excluding tert-OH is 8. The predicted molar refractivity (Wildman–Crippen MR) is 420 cm³/mol. The highest BCUT2D eigenvalue weighted by molar-refractivity contribution is 5.76. The molecule has 2 saturated heterocycles. The Bertz CT molecular complexity index is 2020. The molecule has 9 N–H and O–H groups in total. The third-order valence-electron chi connectivity index (χ3n) is 20.3. The van der Waals surface area contributed by atoms with E-state index in [4.69, 9.17) is 18.9 Å². The van der Waals surface area contributed by atoms with Crippen molar-refractivity contribution in [2.75, 3.05) is 19.8 Å². The zero-order valence-corrected chi connectivity index (χ0v) is 64.6. The van der Waals surface area contributed by atoms with Gasteiger partial charge in [-0.1, -0.05) is 369 Å². The number of nitrogens with one attached hydrogen (secondary N) is 1. The number of carbonyl (C=O) groups excluding carboxylic acids is 1. The van der Waals surface area contributed by atoms with Crippen LogP contribution in [0.4, 0.5) is 0 Å². The molecule has 2 fully saturated rings. The maximum Gasteiger partial charge on any atom is 0.220 e. The number of rotatable bonds is 71. The summed E-state index contributed by atoms with van der Waals surface area (Å²) in [5.74, 6) is -0.244. The van der Waals surface area contributed by atoms with Crippen LogP contribution in [-0.4, -0.2) is 140 Å². The molecule has 0 spiro atoms. The molecular formula is C87H157NO13. The summed E-state index contributed by atoms with van der Waals surface area (Å²) in [6.45, 7) is 2.72. The molecule has 2 rings (SSSR count). The molecular weight excluding hydrogens is 1270 g/mol. The molecule has 0 aromatic rings. The zero-order chi connectivity index (χ0) is 73.0. The lowest BCUT2D eigenvalue weighted by atomic mass is 9.97. The van der Waals surface area contributed by atoms with Crippen LogP contribution in [0.25, 0.3) is 0 Å². The summed E-state index contributed by atoms with van der Waals surface area (Å²) < 4.78 is 22.9. The van der Waals surface area contributed by atoms with Gasteiger partial charge in [0.2, 0.25) is 5.91 Å². The minimum atomic E-state index is -1.79. The van der Waals surface area contributed by atoms with Gasteiger partial charge in [-0.05, 0) is 77.0 Å². The fraction of sp³-hybridized carbons (Fsp3) is 0.828. The fourth-order valence-corrected chi connectivity index (χ4v) is 13.7. The number of unbranched alkanes of at least 4 members (excludes halogenated alkanes) is 46. The number of hydrogen-bond donors (Lipinski definition) is 9. The normalized spacial score (nSPS) is 22.2. The van der Waals surface area contributed by atoms with Gasteiger partial charge in [-0.3, -0.25) is 4.79 Å². The van der Waals surface area contributed by atoms with Crippen LogP contribution in [0.2, 0.25) is 0 Å². The predicted octanol–water partition coefficient (Wildman–Crippen LogP) is 19.9. The first-order valence-corrected chi connectivity index (χ1v) is 42.3. The fourth-order valence-electron chi connectivity index (χ4n) is 13.7. The van der Waals surface area contributed by atoms with Crippen molar-refractivity contribution in [1.82, 2.24) is 5.32 Å². The molecule has 14 nitrogen and oxygen atoms in total. The second-order valence-corrected chi connectivity index (χ2v) is 29.6. The highest BCUT2D eigenvalue weighted by Crippen LogP contribution is 2.30. The molecule has 1 amide bonds. The van der Waals surface area contributed by atoms with Gasteiger partial charge in [0.1, 0.15) is 48.8 Å². The minimum Gasteiger partial charge on any atom is -0.394 e. The van der Waals surface area contributed by atoms with Crippen molar-refractivity contribution >= 4 is 5.91 Å². The first-order valence-electron chi connectivity index (χ1n) is 42.3. The maximum absolute atomic E-state index is 13.4. The molecule has 101 heavy (non-hydrogen) atoms.